The Morgan fingerprint density at radius 2 is 1.57 bits per heavy atom. The molecule has 8 rings (SSSR count). The number of β-lactam (4-membered cyclic amide) rings is 1. The average Bonchev–Trinajstić information content (AvgIpc) is 3.79. The molecule has 268 valence electrons. The molecule has 14 heteroatoms. The molecule has 3 amide bonds. The van der Waals surface area contributed by atoms with Gasteiger partial charge < -0.3 is 26.3 Å². The summed E-state index contributed by atoms with van der Waals surface area (Å²) in [5.41, 5.74) is 8.60. The summed E-state index contributed by atoms with van der Waals surface area (Å²) in [6, 6.07) is 27.5. The molecule has 2 saturated heterocycles. The molecule has 1 aromatic heterocycles. The number of anilines is 1. The summed E-state index contributed by atoms with van der Waals surface area (Å²) in [6.07, 6.45) is 2.22. The van der Waals surface area contributed by atoms with E-state index in [9.17, 15) is 24.3 Å². The maximum atomic E-state index is 14.2. The Morgan fingerprint density at radius 3 is 2.06 bits per heavy atom. The van der Waals surface area contributed by atoms with Gasteiger partial charge in [-0.05, 0) is 36.3 Å². The van der Waals surface area contributed by atoms with Crippen LogP contribution in [0.3, 0.4) is 0 Å². The molecule has 4 aromatic rings. The van der Waals surface area contributed by atoms with Crippen LogP contribution in [0.2, 0.25) is 0 Å². The maximum absolute atomic E-state index is 14.2. The van der Waals surface area contributed by atoms with E-state index >= 15 is 0 Å². The van der Waals surface area contributed by atoms with Crippen LogP contribution in [0.5, 0.6) is 0 Å². The van der Waals surface area contributed by atoms with E-state index in [-0.39, 0.29) is 39.8 Å². The van der Waals surface area contributed by atoms with Gasteiger partial charge >= 0.3 is 5.97 Å². The number of thioether (sulfide) groups is 1. The molecular weight excluding hydrogens is 713 g/mol. The average molecular weight is 747 g/mol. The van der Waals surface area contributed by atoms with E-state index in [1.54, 1.807) is 5.38 Å². The van der Waals surface area contributed by atoms with Gasteiger partial charge in [0.25, 0.3) is 11.8 Å². The number of carbonyl (C=O) groups is 4. The lowest BCUT2D eigenvalue weighted by molar-refractivity contribution is -0.150. The molecule has 3 aromatic carbocycles. The van der Waals surface area contributed by atoms with Crippen molar-refractivity contribution < 1.29 is 29.1 Å². The van der Waals surface area contributed by atoms with E-state index < -0.39 is 34.8 Å². The minimum absolute atomic E-state index is 0.0846. The molecular formula is C39H34N6O6S2. The van der Waals surface area contributed by atoms with Gasteiger partial charge in [-0.15, -0.1) is 23.1 Å². The monoisotopic (exact) mass is 746 g/mol. The second-order valence-electron chi connectivity index (χ2n) is 13.0. The Hall–Kier alpha value is -5.73. The number of thiazole rings is 1. The van der Waals surface area contributed by atoms with Crippen LogP contribution in [0.25, 0.3) is 0 Å². The van der Waals surface area contributed by atoms with Crippen LogP contribution in [-0.4, -0.2) is 68.1 Å². The van der Waals surface area contributed by atoms with Crippen LogP contribution < -0.4 is 16.4 Å². The molecule has 3 fully saturated rings. The number of fused-ring (bicyclic) bond motifs is 1. The van der Waals surface area contributed by atoms with Gasteiger partial charge in [-0.25, -0.2) is 9.78 Å². The lowest BCUT2D eigenvalue weighted by atomic mass is 9.80. The summed E-state index contributed by atoms with van der Waals surface area (Å²) in [4.78, 5) is 65.7. The first-order valence-corrected chi connectivity index (χ1v) is 19.1. The van der Waals surface area contributed by atoms with Crippen molar-refractivity contribution in [1.82, 2.24) is 20.5 Å². The van der Waals surface area contributed by atoms with Gasteiger partial charge in [-0.2, -0.15) is 0 Å². The van der Waals surface area contributed by atoms with Gasteiger partial charge in [-0.1, -0.05) is 96.2 Å². The topological polar surface area (TPSA) is 176 Å². The summed E-state index contributed by atoms with van der Waals surface area (Å²) >= 11 is 2.47. The number of aromatic nitrogens is 1. The SMILES string of the molecule is Nc1nc(C(=NOC(c2ccccc2)(c2ccccc2)c2ccccc2)C(=O)N[C@@H]2C(=O)N3C(C(=O)O)=C(C(=C4CCNC4=O)C4CC4)CS[C@H]23)cs1. The molecule has 0 bridgehead atoms. The van der Waals surface area contributed by atoms with Crippen LogP contribution in [0.1, 0.15) is 41.6 Å². The van der Waals surface area contributed by atoms with E-state index in [0.717, 1.165) is 46.4 Å². The number of carbonyl (C=O) groups excluding carboxylic acids is 3. The van der Waals surface area contributed by atoms with Gasteiger partial charge in [0.15, 0.2) is 10.8 Å². The fraction of sp³-hybridized carbons (Fsp3) is 0.231. The van der Waals surface area contributed by atoms with Gasteiger partial charge in [-0.3, -0.25) is 19.3 Å². The predicted molar refractivity (Wildman–Crippen MR) is 200 cm³/mol. The Labute approximate surface area is 312 Å². The van der Waals surface area contributed by atoms with Crippen molar-refractivity contribution in [3.63, 3.8) is 0 Å². The third-order valence-corrected chi connectivity index (χ3v) is 11.8. The second-order valence-corrected chi connectivity index (χ2v) is 15.0. The van der Waals surface area contributed by atoms with E-state index in [0.29, 0.717) is 24.1 Å². The molecule has 4 aliphatic rings. The normalized spacial score (nSPS) is 21.1. The molecule has 2 atom stereocenters. The number of benzene rings is 3. The van der Waals surface area contributed by atoms with Crippen molar-refractivity contribution in [3.05, 3.63) is 141 Å². The molecule has 1 aliphatic carbocycles. The third kappa shape index (κ3) is 6.17. The number of allylic oxidation sites excluding steroid dienone is 1. The lowest BCUT2D eigenvalue weighted by Gasteiger charge is -2.49. The summed E-state index contributed by atoms with van der Waals surface area (Å²) in [5, 5.41) is 21.7. The minimum atomic E-state index is -1.30. The Balaban J connectivity index is 1.15. The van der Waals surface area contributed by atoms with Crippen molar-refractivity contribution >= 4 is 57.6 Å². The summed E-state index contributed by atoms with van der Waals surface area (Å²) < 4.78 is 0. The summed E-state index contributed by atoms with van der Waals surface area (Å²) in [5.74, 6) is -2.41. The number of nitrogens with one attached hydrogen (secondary N) is 2. The number of nitrogen functional groups attached to an aromatic ring is 1. The van der Waals surface area contributed by atoms with Crippen LogP contribution in [-0.2, 0) is 29.6 Å². The molecule has 53 heavy (non-hydrogen) atoms. The van der Waals surface area contributed by atoms with Gasteiger partial charge in [0, 0.05) is 39.9 Å². The summed E-state index contributed by atoms with van der Waals surface area (Å²) in [7, 11) is 0. The van der Waals surface area contributed by atoms with E-state index in [4.69, 9.17) is 10.6 Å². The zero-order valence-corrected chi connectivity index (χ0v) is 29.9. The number of hydrogen-bond donors (Lipinski definition) is 4. The highest BCUT2D eigenvalue weighted by Crippen LogP contribution is 2.49. The maximum Gasteiger partial charge on any atom is 0.352 e. The number of nitrogens with zero attached hydrogens (tertiary/aromatic N) is 3. The molecule has 4 heterocycles. The molecule has 0 radical (unpaired) electrons. The first-order chi connectivity index (χ1) is 25.8. The number of nitrogens with two attached hydrogens (primary N) is 1. The van der Waals surface area contributed by atoms with Crippen LogP contribution in [0.15, 0.2) is 124 Å². The van der Waals surface area contributed by atoms with Crippen LogP contribution in [0, 0.1) is 5.92 Å². The Morgan fingerprint density at radius 1 is 0.962 bits per heavy atom. The number of hydrogen-bond acceptors (Lipinski definition) is 10. The standard InChI is InChI=1S/C39H34N6O6S2/c40-38-42-28(21-53-38)30(44-51-39(23-10-4-1-5-11-23,24-12-6-2-7-13-24)25-14-8-3-9-15-25)34(47)43-31-35(48)45-32(37(49)50)27(20-52-36(31)45)29(22-16-17-22)26-18-19-41-33(26)46/h1-15,21-22,31,36H,16-20H2,(H2,40,42)(H,41,46)(H,43,47)(H,49,50)/t31-,36-/m1/s1. The quantitative estimate of drug-likeness (QED) is 0.0570. The molecule has 1 saturated carbocycles. The summed E-state index contributed by atoms with van der Waals surface area (Å²) in [6.45, 7) is 0.494. The Kier molecular flexibility index (Phi) is 9.08. The molecule has 3 aliphatic heterocycles. The highest BCUT2D eigenvalue weighted by molar-refractivity contribution is 8.00. The number of rotatable bonds is 11. The van der Waals surface area contributed by atoms with E-state index in [2.05, 4.69) is 20.8 Å². The molecule has 12 nitrogen and oxygen atoms in total. The van der Waals surface area contributed by atoms with E-state index in [1.165, 1.54) is 16.7 Å². The second kappa shape index (κ2) is 14.0. The van der Waals surface area contributed by atoms with E-state index in [1.807, 2.05) is 91.0 Å². The van der Waals surface area contributed by atoms with Crippen molar-refractivity contribution in [3.8, 4) is 0 Å². The number of aliphatic carboxylic acids is 1. The smallest absolute Gasteiger partial charge is 0.352 e. The van der Waals surface area contributed by atoms with Crippen molar-refractivity contribution in [2.45, 2.75) is 36.3 Å². The van der Waals surface area contributed by atoms with Gasteiger partial charge in [0.1, 0.15) is 22.8 Å². The highest BCUT2D eigenvalue weighted by Gasteiger charge is 2.55. The van der Waals surface area contributed by atoms with Gasteiger partial charge in [0.05, 0.1) is 0 Å². The number of carboxylic acids is 1. The van der Waals surface area contributed by atoms with Crippen molar-refractivity contribution in [2.75, 3.05) is 18.0 Å². The third-order valence-electron chi connectivity index (χ3n) is 9.82. The van der Waals surface area contributed by atoms with Crippen molar-refractivity contribution in [1.29, 1.82) is 0 Å². The van der Waals surface area contributed by atoms with Crippen LogP contribution in [0.4, 0.5) is 5.13 Å². The van der Waals surface area contributed by atoms with Crippen molar-refractivity contribution in [2.24, 2.45) is 11.1 Å². The minimum Gasteiger partial charge on any atom is -0.477 e. The zero-order valence-electron chi connectivity index (χ0n) is 28.2. The number of carboxylic acid groups (broad SMARTS) is 1. The molecule has 0 unspecified atom stereocenters. The Bertz CT molecular complexity index is 2100. The first-order valence-electron chi connectivity index (χ1n) is 17.2. The fourth-order valence-corrected chi connectivity index (χ4v) is 9.16. The fourth-order valence-electron chi connectivity index (χ4n) is 7.25. The largest absolute Gasteiger partial charge is 0.477 e. The first kappa shape index (κ1) is 34.4. The number of amides is 3. The number of oxime groups is 1. The lowest BCUT2D eigenvalue weighted by Crippen LogP contribution is -2.71. The molecule has 0 spiro atoms. The molecule has 5 N–H and O–H groups in total. The van der Waals surface area contributed by atoms with Gasteiger partial charge in [0.2, 0.25) is 11.5 Å². The highest BCUT2D eigenvalue weighted by atomic mass is 32.2. The van der Waals surface area contributed by atoms with Crippen LogP contribution >= 0.6 is 23.1 Å². The zero-order chi connectivity index (χ0) is 36.7. The predicted octanol–water partition coefficient (Wildman–Crippen LogP) is 4.40.